The number of nitrogens with zero attached hydrogens (tertiary/aromatic N) is 2. The maximum Gasteiger partial charge on any atom is 0.406 e. The fraction of sp³-hybridized carbons (Fsp3) is 0.556. The summed E-state index contributed by atoms with van der Waals surface area (Å²) in [6.07, 6.45) is -0.872. The van der Waals surface area contributed by atoms with Crippen molar-refractivity contribution < 1.29 is 13.2 Å². The first-order chi connectivity index (χ1) is 7.04. The molecule has 1 saturated carbocycles. The Kier molecular flexibility index (Phi) is 2.38. The average Bonchev–Trinajstić information content (AvgIpc) is 2.96. The summed E-state index contributed by atoms with van der Waals surface area (Å²) >= 11 is 0. The highest BCUT2D eigenvalue weighted by atomic mass is 19.4. The summed E-state index contributed by atoms with van der Waals surface area (Å²) in [6.45, 7) is 0.0559. The van der Waals surface area contributed by atoms with Crippen molar-refractivity contribution in [1.82, 2.24) is 15.3 Å². The van der Waals surface area contributed by atoms with Gasteiger partial charge in [0.2, 0.25) is 0 Å². The first-order valence-corrected chi connectivity index (χ1v) is 4.61. The third-order valence-corrected chi connectivity index (χ3v) is 2.50. The largest absolute Gasteiger partial charge is 0.406 e. The molecule has 0 saturated heterocycles. The quantitative estimate of drug-likeness (QED) is 0.836. The van der Waals surface area contributed by atoms with Gasteiger partial charge in [0, 0.05) is 12.4 Å². The zero-order valence-corrected chi connectivity index (χ0v) is 7.88. The van der Waals surface area contributed by atoms with Gasteiger partial charge >= 0.3 is 6.18 Å². The van der Waals surface area contributed by atoms with Gasteiger partial charge in [0.25, 0.3) is 0 Å². The van der Waals surface area contributed by atoms with E-state index >= 15 is 0 Å². The van der Waals surface area contributed by atoms with Crippen molar-refractivity contribution >= 4 is 0 Å². The fourth-order valence-corrected chi connectivity index (χ4v) is 1.35. The predicted octanol–water partition coefficient (Wildman–Crippen LogP) is 1.66. The Balaban J connectivity index is 1.95. The Morgan fingerprint density at radius 3 is 2.33 bits per heavy atom. The monoisotopic (exact) mass is 217 g/mol. The molecule has 0 amide bonds. The lowest BCUT2D eigenvalue weighted by Crippen LogP contribution is -2.44. The second kappa shape index (κ2) is 3.44. The lowest BCUT2D eigenvalue weighted by molar-refractivity contribution is -0.166. The first-order valence-electron chi connectivity index (χ1n) is 4.61. The van der Waals surface area contributed by atoms with Crippen LogP contribution in [0.4, 0.5) is 13.2 Å². The molecule has 0 atom stereocenters. The maximum absolute atomic E-state index is 12.5. The molecule has 0 radical (unpaired) electrons. The zero-order valence-electron chi connectivity index (χ0n) is 7.88. The maximum atomic E-state index is 12.5. The number of halogens is 3. The number of aromatic nitrogens is 2. The van der Waals surface area contributed by atoms with Crippen LogP contribution in [0.3, 0.4) is 0 Å². The molecule has 0 aromatic carbocycles. The lowest BCUT2D eigenvalue weighted by atomic mass is 10.2. The summed E-state index contributed by atoms with van der Waals surface area (Å²) in [7, 11) is 0. The summed E-state index contributed by atoms with van der Waals surface area (Å²) < 4.78 is 37.5. The molecule has 82 valence electrons. The third-order valence-electron chi connectivity index (χ3n) is 2.50. The van der Waals surface area contributed by atoms with Crippen LogP contribution in [0, 0.1) is 0 Å². The van der Waals surface area contributed by atoms with Crippen molar-refractivity contribution in [3.05, 3.63) is 24.3 Å². The van der Waals surface area contributed by atoms with Gasteiger partial charge < -0.3 is 0 Å². The van der Waals surface area contributed by atoms with E-state index in [1.807, 2.05) is 0 Å². The lowest BCUT2D eigenvalue weighted by Gasteiger charge is -2.20. The highest BCUT2D eigenvalue weighted by Crippen LogP contribution is 2.48. The van der Waals surface area contributed by atoms with Gasteiger partial charge in [-0.1, -0.05) is 0 Å². The van der Waals surface area contributed by atoms with Crippen molar-refractivity contribution in [2.45, 2.75) is 31.1 Å². The minimum absolute atomic E-state index is 0.0559. The van der Waals surface area contributed by atoms with Gasteiger partial charge in [-0.05, 0) is 18.9 Å². The summed E-state index contributed by atoms with van der Waals surface area (Å²) in [5, 5.41) is 2.48. The van der Waals surface area contributed by atoms with Crippen LogP contribution in [0.5, 0.6) is 0 Å². The van der Waals surface area contributed by atoms with Crippen LogP contribution in [0.25, 0.3) is 0 Å². The molecule has 15 heavy (non-hydrogen) atoms. The first kappa shape index (κ1) is 10.4. The van der Waals surface area contributed by atoms with E-state index in [2.05, 4.69) is 15.3 Å². The molecule has 0 unspecified atom stereocenters. The van der Waals surface area contributed by atoms with Gasteiger partial charge in [0.05, 0.1) is 6.54 Å². The van der Waals surface area contributed by atoms with Crippen LogP contribution in [-0.4, -0.2) is 21.7 Å². The van der Waals surface area contributed by atoms with E-state index in [9.17, 15) is 13.2 Å². The molecule has 1 aliphatic rings. The van der Waals surface area contributed by atoms with Crippen LogP contribution in [0.15, 0.2) is 18.5 Å². The summed E-state index contributed by atoms with van der Waals surface area (Å²) in [6, 6.07) is 1.63. The Hall–Kier alpha value is -1.17. The summed E-state index contributed by atoms with van der Waals surface area (Å²) in [5.74, 6) is 0.382. The summed E-state index contributed by atoms with van der Waals surface area (Å²) in [4.78, 5) is 7.70. The van der Waals surface area contributed by atoms with Gasteiger partial charge in [-0.3, -0.25) is 5.32 Å². The van der Waals surface area contributed by atoms with Gasteiger partial charge in [-0.2, -0.15) is 13.2 Å². The van der Waals surface area contributed by atoms with Crippen LogP contribution in [-0.2, 0) is 6.54 Å². The van der Waals surface area contributed by atoms with Gasteiger partial charge in [0.1, 0.15) is 11.4 Å². The smallest absolute Gasteiger partial charge is 0.296 e. The number of alkyl halides is 3. The van der Waals surface area contributed by atoms with Crippen molar-refractivity contribution in [3.63, 3.8) is 0 Å². The molecule has 0 aliphatic heterocycles. The molecule has 6 heteroatoms. The van der Waals surface area contributed by atoms with E-state index in [1.54, 1.807) is 6.07 Å². The van der Waals surface area contributed by atoms with Gasteiger partial charge in [-0.25, -0.2) is 9.97 Å². The Labute approximate surface area is 84.7 Å². The van der Waals surface area contributed by atoms with E-state index in [4.69, 9.17) is 0 Å². The molecule has 3 nitrogen and oxygen atoms in total. The Bertz CT molecular complexity index is 332. The van der Waals surface area contributed by atoms with Crippen LogP contribution >= 0.6 is 0 Å². The molecule has 1 N–H and O–H groups in total. The molecule has 1 fully saturated rings. The topological polar surface area (TPSA) is 37.8 Å². The molecule has 0 bridgehead atoms. The Morgan fingerprint density at radius 2 is 1.87 bits per heavy atom. The van der Waals surface area contributed by atoms with Gasteiger partial charge in [-0.15, -0.1) is 0 Å². The fourth-order valence-electron chi connectivity index (χ4n) is 1.35. The third kappa shape index (κ3) is 2.09. The van der Waals surface area contributed by atoms with Crippen LogP contribution < -0.4 is 5.32 Å². The minimum atomic E-state index is -4.18. The predicted molar refractivity (Wildman–Crippen MR) is 46.9 cm³/mol. The molecule has 1 heterocycles. The molecular weight excluding hydrogens is 207 g/mol. The second-order valence-electron chi connectivity index (χ2n) is 3.60. The summed E-state index contributed by atoms with van der Waals surface area (Å²) in [5.41, 5.74) is -1.69. The highest BCUT2D eigenvalue weighted by molar-refractivity contribution is 5.08. The molecule has 1 aromatic rings. The molecule has 1 aromatic heterocycles. The van der Waals surface area contributed by atoms with E-state index in [1.165, 1.54) is 12.4 Å². The number of nitrogens with one attached hydrogen (secondary N) is 1. The standard InChI is InChI=1S/C9H10F3N3/c10-9(11,12)8(2-3-8)15-6-7-13-4-1-5-14-7/h1,4-5,15H,2-3,6H2. The van der Waals surface area contributed by atoms with Crippen molar-refractivity contribution in [3.8, 4) is 0 Å². The number of hydrogen-bond donors (Lipinski definition) is 1. The molecular formula is C9H10F3N3. The van der Waals surface area contributed by atoms with E-state index in [0.717, 1.165) is 0 Å². The zero-order chi connectivity index (χ0) is 10.9. The minimum Gasteiger partial charge on any atom is -0.296 e. The van der Waals surface area contributed by atoms with Crippen molar-refractivity contribution in [2.75, 3.05) is 0 Å². The van der Waals surface area contributed by atoms with E-state index in [-0.39, 0.29) is 19.4 Å². The molecule has 1 aliphatic carbocycles. The second-order valence-corrected chi connectivity index (χ2v) is 3.60. The highest BCUT2D eigenvalue weighted by Gasteiger charge is 2.63. The number of rotatable bonds is 3. The molecule has 0 spiro atoms. The molecule has 2 rings (SSSR count). The SMILES string of the molecule is FC(F)(F)C1(NCc2ncccn2)CC1. The number of hydrogen-bond acceptors (Lipinski definition) is 3. The van der Waals surface area contributed by atoms with E-state index in [0.29, 0.717) is 5.82 Å². The van der Waals surface area contributed by atoms with Crippen LogP contribution in [0.1, 0.15) is 18.7 Å². The van der Waals surface area contributed by atoms with Gasteiger partial charge in [0.15, 0.2) is 0 Å². The van der Waals surface area contributed by atoms with E-state index < -0.39 is 11.7 Å². The van der Waals surface area contributed by atoms with Crippen molar-refractivity contribution in [1.29, 1.82) is 0 Å². The Morgan fingerprint density at radius 1 is 1.27 bits per heavy atom. The van der Waals surface area contributed by atoms with Crippen molar-refractivity contribution in [2.24, 2.45) is 0 Å². The average molecular weight is 217 g/mol. The van der Waals surface area contributed by atoms with Crippen LogP contribution in [0.2, 0.25) is 0 Å². The normalized spacial score (nSPS) is 18.9.